The van der Waals surface area contributed by atoms with Gasteiger partial charge in [-0.15, -0.1) is 0 Å². The highest BCUT2D eigenvalue weighted by Crippen LogP contribution is 2.28. The minimum absolute atomic E-state index is 0.134. The Morgan fingerprint density at radius 2 is 1.85 bits per heavy atom. The number of fused-ring (bicyclic) bond motifs is 1. The van der Waals surface area contributed by atoms with Crippen molar-refractivity contribution >= 4 is 16.8 Å². The molecule has 2 aliphatic rings. The summed E-state index contributed by atoms with van der Waals surface area (Å²) in [5, 5.41) is 0.591. The summed E-state index contributed by atoms with van der Waals surface area (Å²) in [4.78, 5) is 32.0. The number of carbonyl (C=O) groups excluding carboxylic acids is 1. The largest absolute Gasteiger partial charge is 0.339 e. The second-order valence-electron chi connectivity index (χ2n) is 7.85. The van der Waals surface area contributed by atoms with Gasteiger partial charge in [0.1, 0.15) is 5.82 Å². The van der Waals surface area contributed by atoms with E-state index in [1.165, 1.54) is 44.1 Å². The van der Waals surface area contributed by atoms with Gasteiger partial charge in [0.25, 0.3) is 5.91 Å². The Morgan fingerprint density at radius 1 is 1.15 bits per heavy atom. The van der Waals surface area contributed by atoms with Gasteiger partial charge in [0, 0.05) is 30.6 Å². The topological polar surface area (TPSA) is 56.4 Å². The van der Waals surface area contributed by atoms with Crippen molar-refractivity contribution in [3.8, 4) is 0 Å². The zero-order chi connectivity index (χ0) is 19.0. The Hall–Kier alpha value is -2.21. The van der Waals surface area contributed by atoms with E-state index in [1.807, 2.05) is 4.90 Å². The van der Waals surface area contributed by atoms with Gasteiger partial charge in [-0.2, -0.15) is 0 Å². The molecule has 1 N–H and O–H groups in total. The van der Waals surface area contributed by atoms with Crippen molar-refractivity contribution in [2.45, 2.75) is 38.6 Å². The smallest absolute Gasteiger partial charge is 0.254 e. The number of hydrogen-bond donors (Lipinski definition) is 1. The Kier molecular flexibility index (Phi) is 5.00. The van der Waals surface area contributed by atoms with Crippen LogP contribution < -0.4 is 5.56 Å². The second kappa shape index (κ2) is 7.43. The molecule has 144 valence electrons. The molecule has 1 amide bonds. The number of piperidine rings is 1. The van der Waals surface area contributed by atoms with Crippen molar-refractivity contribution in [1.29, 1.82) is 0 Å². The first-order valence-corrected chi connectivity index (χ1v) is 9.89. The van der Waals surface area contributed by atoms with Gasteiger partial charge >= 0.3 is 0 Å². The van der Waals surface area contributed by atoms with Gasteiger partial charge in [-0.3, -0.25) is 9.59 Å². The summed E-state index contributed by atoms with van der Waals surface area (Å²) in [6, 6.07) is 6.05. The summed E-state index contributed by atoms with van der Waals surface area (Å²) in [5.74, 6) is 0.0432. The van der Waals surface area contributed by atoms with E-state index in [2.05, 4.69) is 16.8 Å². The Balaban J connectivity index is 1.50. The number of amides is 1. The average Bonchev–Trinajstić information content (AvgIpc) is 3.20. The van der Waals surface area contributed by atoms with Crippen LogP contribution in [0.5, 0.6) is 0 Å². The maximum absolute atomic E-state index is 13.5. The van der Waals surface area contributed by atoms with E-state index in [0.29, 0.717) is 41.5 Å². The van der Waals surface area contributed by atoms with Crippen molar-refractivity contribution < 1.29 is 9.18 Å². The molecule has 0 radical (unpaired) electrons. The molecular weight excluding hydrogens is 345 g/mol. The molecule has 6 heteroatoms. The van der Waals surface area contributed by atoms with Crippen molar-refractivity contribution in [2.75, 3.05) is 26.2 Å². The van der Waals surface area contributed by atoms with E-state index in [4.69, 9.17) is 0 Å². The van der Waals surface area contributed by atoms with E-state index in [-0.39, 0.29) is 11.5 Å². The Morgan fingerprint density at radius 3 is 2.56 bits per heavy atom. The van der Waals surface area contributed by atoms with Gasteiger partial charge < -0.3 is 14.8 Å². The number of likely N-dealkylation sites (tertiary alicyclic amines) is 2. The molecule has 0 aliphatic carbocycles. The molecule has 2 aliphatic heterocycles. The van der Waals surface area contributed by atoms with E-state index >= 15 is 0 Å². The van der Waals surface area contributed by atoms with E-state index in [0.717, 1.165) is 12.8 Å². The predicted molar refractivity (Wildman–Crippen MR) is 103 cm³/mol. The van der Waals surface area contributed by atoms with Gasteiger partial charge in [-0.1, -0.05) is 0 Å². The predicted octanol–water partition coefficient (Wildman–Crippen LogP) is 3.00. The molecular formula is C21H26FN3O2. The number of nitrogens with one attached hydrogen (secondary N) is 1. The van der Waals surface area contributed by atoms with E-state index < -0.39 is 5.82 Å². The van der Waals surface area contributed by atoms with Crippen LogP contribution in [0.15, 0.2) is 29.1 Å². The molecule has 0 saturated carbocycles. The standard InChI is InChI=1S/C21H26FN3O2/c1-14(24-8-2-3-9-24)15-6-10-25(11-7-15)21(27)18-13-20(26)23-19-12-16(22)4-5-17(18)19/h4-5,12-15H,2-3,6-11H2,1H3,(H,23,26)/t14-/m1/s1. The molecule has 2 fully saturated rings. The lowest BCUT2D eigenvalue weighted by Crippen LogP contribution is -2.45. The van der Waals surface area contributed by atoms with Gasteiger partial charge in [0.05, 0.1) is 11.1 Å². The zero-order valence-corrected chi connectivity index (χ0v) is 15.7. The van der Waals surface area contributed by atoms with Gasteiger partial charge in [0.15, 0.2) is 0 Å². The molecule has 1 atom stereocenters. The number of nitrogens with zero attached hydrogens (tertiary/aromatic N) is 2. The average molecular weight is 371 g/mol. The third-order valence-electron chi connectivity index (χ3n) is 6.26. The number of pyridine rings is 1. The van der Waals surface area contributed by atoms with Crippen LogP contribution in [0.25, 0.3) is 10.9 Å². The molecule has 2 saturated heterocycles. The third-order valence-corrected chi connectivity index (χ3v) is 6.26. The summed E-state index contributed by atoms with van der Waals surface area (Å²) in [6.07, 6.45) is 4.55. The van der Waals surface area contributed by atoms with Crippen LogP contribution in [0.3, 0.4) is 0 Å². The van der Waals surface area contributed by atoms with Crippen LogP contribution in [-0.4, -0.2) is 52.9 Å². The summed E-state index contributed by atoms with van der Waals surface area (Å²) < 4.78 is 13.5. The van der Waals surface area contributed by atoms with Crippen LogP contribution in [-0.2, 0) is 0 Å². The second-order valence-corrected chi connectivity index (χ2v) is 7.85. The zero-order valence-electron chi connectivity index (χ0n) is 15.7. The highest BCUT2D eigenvalue weighted by Gasteiger charge is 2.31. The van der Waals surface area contributed by atoms with Crippen molar-refractivity contribution in [1.82, 2.24) is 14.8 Å². The molecule has 1 aromatic carbocycles. The molecule has 0 bridgehead atoms. The van der Waals surface area contributed by atoms with E-state index in [9.17, 15) is 14.0 Å². The number of carbonyl (C=O) groups is 1. The minimum atomic E-state index is -0.431. The first kappa shape index (κ1) is 18.2. The summed E-state index contributed by atoms with van der Waals surface area (Å²) >= 11 is 0. The van der Waals surface area contributed by atoms with Crippen LogP contribution in [0, 0.1) is 11.7 Å². The number of benzene rings is 1. The summed E-state index contributed by atoms with van der Waals surface area (Å²) in [5.41, 5.74) is 0.345. The third kappa shape index (κ3) is 3.63. The number of aromatic amines is 1. The Labute approximate surface area is 158 Å². The minimum Gasteiger partial charge on any atom is -0.339 e. The summed E-state index contributed by atoms with van der Waals surface area (Å²) in [6.45, 7) is 6.10. The number of H-pyrrole nitrogens is 1. The van der Waals surface area contributed by atoms with Crippen LogP contribution in [0.4, 0.5) is 4.39 Å². The maximum Gasteiger partial charge on any atom is 0.254 e. The monoisotopic (exact) mass is 371 g/mol. The maximum atomic E-state index is 13.5. The SMILES string of the molecule is C[C@H](C1CCN(C(=O)c2cc(=O)[nH]c3cc(F)ccc23)CC1)N1CCCC1. The van der Waals surface area contributed by atoms with Crippen molar-refractivity contribution in [2.24, 2.45) is 5.92 Å². The number of rotatable bonds is 3. The molecule has 3 heterocycles. The summed E-state index contributed by atoms with van der Waals surface area (Å²) in [7, 11) is 0. The van der Waals surface area contributed by atoms with Crippen molar-refractivity contribution in [3.05, 3.63) is 46.0 Å². The highest BCUT2D eigenvalue weighted by atomic mass is 19.1. The number of aromatic nitrogens is 1. The van der Waals surface area contributed by atoms with E-state index in [1.54, 1.807) is 6.07 Å². The van der Waals surface area contributed by atoms with Gasteiger partial charge in [-0.25, -0.2) is 4.39 Å². The first-order valence-electron chi connectivity index (χ1n) is 9.89. The molecule has 0 spiro atoms. The van der Waals surface area contributed by atoms with Crippen molar-refractivity contribution in [3.63, 3.8) is 0 Å². The van der Waals surface area contributed by atoms with Crippen LogP contribution in [0.2, 0.25) is 0 Å². The lowest BCUT2D eigenvalue weighted by Gasteiger charge is -2.38. The lowest BCUT2D eigenvalue weighted by atomic mass is 9.89. The fourth-order valence-electron chi connectivity index (χ4n) is 4.61. The molecule has 27 heavy (non-hydrogen) atoms. The number of hydrogen-bond acceptors (Lipinski definition) is 3. The quantitative estimate of drug-likeness (QED) is 0.902. The molecule has 0 unspecified atom stereocenters. The highest BCUT2D eigenvalue weighted by molar-refractivity contribution is 6.06. The first-order chi connectivity index (χ1) is 13.0. The number of halogens is 1. The molecule has 2 aromatic rings. The normalized spacial score (nSPS) is 20.3. The van der Waals surface area contributed by atoms with Crippen LogP contribution >= 0.6 is 0 Å². The van der Waals surface area contributed by atoms with Crippen LogP contribution in [0.1, 0.15) is 43.0 Å². The fourth-order valence-corrected chi connectivity index (χ4v) is 4.61. The Bertz CT molecular complexity index is 896. The molecule has 4 rings (SSSR count). The lowest BCUT2D eigenvalue weighted by molar-refractivity contribution is 0.0626. The van der Waals surface area contributed by atoms with Gasteiger partial charge in [-0.05, 0) is 69.8 Å². The molecule has 5 nitrogen and oxygen atoms in total. The fraction of sp³-hybridized carbons (Fsp3) is 0.524. The van der Waals surface area contributed by atoms with Gasteiger partial charge in [0.2, 0.25) is 5.56 Å². The molecule has 1 aromatic heterocycles.